The highest BCUT2D eigenvalue weighted by Gasteiger charge is 2.07. The average molecular weight is 246 g/mol. The Morgan fingerprint density at radius 2 is 2.25 bits per heavy atom. The van der Waals surface area contributed by atoms with E-state index in [9.17, 15) is 0 Å². The first kappa shape index (κ1) is 8.01. The van der Waals surface area contributed by atoms with Crippen molar-refractivity contribution in [3.8, 4) is 0 Å². The van der Waals surface area contributed by atoms with Gasteiger partial charge in [-0.1, -0.05) is 11.6 Å². The summed E-state index contributed by atoms with van der Waals surface area (Å²) in [7, 11) is 0. The van der Waals surface area contributed by atoms with Crippen LogP contribution in [0.3, 0.4) is 0 Å². The highest BCUT2D eigenvalue weighted by molar-refractivity contribution is 9.10. The minimum atomic E-state index is 0.556. The summed E-state index contributed by atoms with van der Waals surface area (Å²) in [4.78, 5) is 8.17. The molecule has 0 aliphatic carbocycles. The molecule has 0 spiro atoms. The SMILES string of the molecule is Cc1nc2cncc(Cl)n2c1Br. The summed E-state index contributed by atoms with van der Waals surface area (Å²) < 4.78 is 2.68. The van der Waals surface area contributed by atoms with Gasteiger partial charge in [-0.05, 0) is 22.9 Å². The van der Waals surface area contributed by atoms with Crippen molar-refractivity contribution >= 4 is 33.2 Å². The number of rotatable bonds is 0. The third-order valence-electron chi connectivity index (χ3n) is 1.59. The number of aromatic nitrogens is 3. The van der Waals surface area contributed by atoms with Gasteiger partial charge in [0.05, 0.1) is 18.1 Å². The quantitative estimate of drug-likeness (QED) is 0.715. The maximum absolute atomic E-state index is 5.91. The number of fused-ring (bicyclic) bond motifs is 1. The van der Waals surface area contributed by atoms with Gasteiger partial charge in [0.2, 0.25) is 0 Å². The molecule has 0 aliphatic heterocycles. The predicted octanol–water partition coefficient (Wildman–Crippen LogP) is 2.45. The normalized spacial score (nSPS) is 10.9. The van der Waals surface area contributed by atoms with Gasteiger partial charge in [0, 0.05) is 0 Å². The molecule has 62 valence electrons. The molecule has 0 fully saturated rings. The summed E-state index contributed by atoms with van der Waals surface area (Å²) >= 11 is 9.30. The van der Waals surface area contributed by atoms with Crippen LogP contribution in [0.2, 0.25) is 5.15 Å². The second kappa shape index (κ2) is 2.71. The topological polar surface area (TPSA) is 30.2 Å². The summed E-state index contributed by atoms with van der Waals surface area (Å²) in [6.07, 6.45) is 3.25. The third-order valence-corrected chi connectivity index (χ3v) is 2.79. The Balaban J connectivity index is 2.97. The van der Waals surface area contributed by atoms with E-state index in [0.29, 0.717) is 5.15 Å². The summed E-state index contributed by atoms with van der Waals surface area (Å²) in [5, 5.41) is 0.556. The molecule has 3 nitrogen and oxygen atoms in total. The lowest BCUT2D eigenvalue weighted by Crippen LogP contribution is -1.87. The van der Waals surface area contributed by atoms with Crippen LogP contribution in [0.15, 0.2) is 17.0 Å². The van der Waals surface area contributed by atoms with E-state index in [-0.39, 0.29) is 0 Å². The van der Waals surface area contributed by atoms with E-state index >= 15 is 0 Å². The molecule has 0 bridgehead atoms. The van der Waals surface area contributed by atoms with Gasteiger partial charge < -0.3 is 0 Å². The largest absolute Gasteiger partial charge is 0.274 e. The summed E-state index contributed by atoms with van der Waals surface area (Å²) in [6.45, 7) is 1.91. The van der Waals surface area contributed by atoms with Crippen molar-refractivity contribution < 1.29 is 0 Å². The standard InChI is InChI=1S/C7H5BrClN3/c1-4-7(8)12-5(9)2-10-3-6(12)11-4/h2-3H,1H3. The predicted molar refractivity (Wildman–Crippen MR) is 50.4 cm³/mol. The lowest BCUT2D eigenvalue weighted by atomic mass is 10.6. The lowest BCUT2D eigenvalue weighted by Gasteiger charge is -1.96. The van der Waals surface area contributed by atoms with Crippen molar-refractivity contribution in [2.75, 3.05) is 0 Å². The van der Waals surface area contributed by atoms with Gasteiger partial charge in [-0.15, -0.1) is 0 Å². The van der Waals surface area contributed by atoms with Gasteiger partial charge in [0.15, 0.2) is 5.65 Å². The first-order valence-corrected chi connectivity index (χ1v) is 4.51. The van der Waals surface area contributed by atoms with Crippen molar-refractivity contribution in [2.24, 2.45) is 0 Å². The second-order valence-corrected chi connectivity index (χ2v) is 3.55. The van der Waals surface area contributed by atoms with Gasteiger partial charge in [-0.25, -0.2) is 4.98 Å². The van der Waals surface area contributed by atoms with Crippen LogP contribution in [-0.4, -0.2) is 14.4 Å². The molecule has 2 aromatic rings. The molecule has 2 heterocycles. The van der Waals surface area contributed by atoms with Crippen LogP contribution in [0.5, 0.6) is 0 Å². The van der Waals surface area contributed by atoms with E-state index in [1.807, 2.05) is 6.92 Å². The van der Waals surface area contributed by atoms with E-state index in [2.05, 4.69) is 25.9 Å². The van der Waals surface area contributed by atoms with Crippen molar-refractivity contribution in [3.63, 3.8) is 0 Å². The van der Waals surface area contributed by atoms with Crippen molar-refractivity contribution in [2.45, 2.75) is 6.92 Å². The lowest BCUT2D eigenvalue weighted by molar-refractivity contribution is 1.10. The van der Waals surface area contributed by atoms with Crippen molar-refractivity contribution in [3.05, 3.63) is 27.8 Å². The zero-order chi connectivity index (χ0) is 8.72. The maximum atomic E-state index is 5.91. The second-order valence-electron chi connectivity index (χ2n) is 2.41. The fourth-order valence-corrected chi connectivity index (χ4v) is 1.83. The van der Waals surface area contributed by atoms with Crippen LogP contribution in [0.1, 0.15) is 5.69 Å². The molecule has 0 atom stereocenters. The molecule has 2 aromatic heterocycles. The van der Waals surface area contributed by atoms with E-state index < -0.39 is 0 Å². The van der Waals surface area contributed by atoms with Crippen LogP contribution in [0, 0.1) is 6.92 Å². The van der Waals surface area contributed by atoms with E-state index in [0.717, 1.165) is 15.9 Å². The Labute approximate surface area is 82.5 Å². The number of halogens is 2. The zero-order valence-corrected chi connectivity index (χ0v) is 8.59. The minimum Gasteiger partial charge on any atom is -0.274 e. The first-order chi connectivity index (χ1) is 5.70. The van der Waals surface area contributed by atoms with Gasteiger partial charge in [-0.2, -0.15) is 0 Å². The molecule has 0 radical (unpaired) electrons. The highest BCUT2D eigenvalue weighted by Crippen LogP contribution is 2.21. The Bertz CT molecular complexity index is 437. The summed E-state index contributed by atoms with van der Waals surface area (Å²) in [6, 6.07) is 0. The minimum absolute atomic E-state index is 0.556. The van der Waals surface area contributed by atoms with Crippen molar-refractivity contribution in [1.29, 1.82) is 0 Å². The molecule has 0 aromatic carbocycles. The average Bonchev–Trinajstić information content (AvgIpc) is 2.29. The molecule has 5 heteroatoms. The Kier molecular flexibility index (Phi) is 1.81. The first-order valence-electron chi connectivity index (χ1n) is 3.34. The molecule has 0 unspecified atom stereocenters. The smallest absolute Gasteiger partial charge is 0.157 e. The Hall–Kier alpha value is -0.610. The fraction of sp³-hybridized carbons (Fsp3) is 0.143. The molecule has 0 aliphatic rings. The zero-order valence-electron chi connectivity index (χ0n) is 6.25. The number of hydrogen-bond acceptors (Lipinski definition) is 2. The Morgan fingerprint density at radius 1 is 1.50 bits per heavy atom. The van der Waals surface area contributed by atoms with Gasteiger partial charge in [0.25, 0.3) is 0 Å². The molecule has 2 rings (SSSR count). The molecule has 12 heavy (non-hydrogen) atoms. The van der Waals surface area contributed by atoms with Crippen LogP contribution in [-0.2, 0) is 0 Å². The molecule has 0 N–H and O–H groups in total. The Morgan fingerprint density at radius 3 is 2.92 bits per heavy atom. The number of hydrogen-bond donors (Lipinski definition) is 0. The van der Waals surface area contributed by atoms with Crippen LogP contribution in [0.25, 0.3) is 5.65 Å². The maximum Gasteiger partial charge on any atom is 0.157 e. The van der Waals surface area contributed by atoms with E-state index in [1.54, 1.807) is 16.8 Å². The monoisotopic (exact) mass is 245 g/mol. The van der Waals surface area contributed by atoms with Crippen LogP contribution in [0.4, 0.5) is 0 Å². The fourth-order valence-electron chi connectivity index (χ4n) is 1.04. The molecule has 0 saturated heterocycles. The molecular formula is C7H5BrClN3. The number of nitrogens with zero attached hydrogens (tertiary/aromatic N) is 3. The summed E-state index contributed by atoms with van der Waals surface area (Å²) in [5.74, 6) is 0. The van der Waals surface area contributed by atoms with Gasteiger partial charge in [-0.3, -0.25) is 9.38 Å². The highest BCUT2D eigenvalue weighted by atomic mass is 79.9. The van der Waals surface area contributed by atoms with Gasteiger partial charge in [0.1, 0.15) is 9.76 Å². The van der Waals surface area contributed by atoms with E-state index in [4.69, 9.17) is 11.6 Å². The molecular weight excluding hydrogens is 241 g/mol. The van der Waals surface area contributed by atoms with E-state index in [1.165, 1.54) is 0 Å². The van der Waals surface area contributed by atoms with Gasteiger partial charge >= 0.3 is 0 Å². The van der Waals surface area contributed by atoms with Crippen LogP contribution < -0.4 is 0 Å². The number of imidazole rings is 1. The summed E-state index contributed by atoms with van der Waals surface area (Å²) in [5.41, 5.74) is 1.66. The number of aryl methyl sites for hydroxylation is 1. The van der Waals surface area contributed by atoms with Crippen molar-refractivity contribution in [1.82, 2.24) is 14.4 Å². The molecule has 0 amide bonds. The molecule has 0 saturated carbocycles. The van der Waals surface area contributed by atoms with Crippen LogP contribution >= 0.6 is 27.5 Å². The third kappa shape index (κ3) is 1.03.